The molecule has 2 rings (SSSR count). The number of nitrogens with two attached hydrogens (primary N) is 1. The monoisotopic (exact) mass is 342 g/mol. The van der Waals surface area contributed by atoms with Gasteiger partial charge in [-0.05, 0) is 42.8 Å². The minimum absolute atomic E-state index is 0.107. The van der Waals surface area contributed by atoms with Gasteiger partial charge in [-0.2, -0.15) is 0 Å². The van der Waals surface area contributed by atoms with Crippen LogP contribution < -0.4 is 10.5 Å². The molecule has 8 heteroatoms. The molecule has 0 fully saturated rings. The van der Waals surface area contributed by atoms with E-state index in [0.717, 1.165) is 6.07 Å². The van der Waals surface area contributed by atoms with Crippen molar-refractivity contribution in [2.24, 2.45) is 5.14 Å². The van der Waals surface area contributed by atoms with Crippen molar-refractivity contribution < 1.29 is 17.6 Å². The summed E-state index contributed by atoms with van der Waals surface area (Å²) in [6.45, 7) is 1.57. The molecule has 3 N–H and O–H groups in total. The Labute approximate surface area is 131 Å². The van der Waals surface area contributed by atoms with Crippen LogP contribution in [0.1, 0.15) is 15.9 Å². The van der Waals surface area contributed by atoms with Crippen molar-refractivity contribution in [3.63, 3.8) is 0 Å². The second-order valence-electron chi connectivity index (χ2n) is 4.61. The van der Waals surface area contributed by atoms with Crippen LogP contribution >= 0.6 is 11.6 Å². The van der Waals surface area contributed by atoms with Crippen LogP contribution in [0.25, 0.3) is 0 Å². The van der Waals surface area contributed by atoms with Crippen LogP contribution in [0.15, 0.2) is 41.3 Å². The fourth-order valence-electron chi connectivity index (χ4n) is 1.83. The number of primary sulfonamides is 1. The Bertz CT molecular complexity index is 853. The average Bonchev–Trinajstić information content (AvgIpc) is 2.42. The van der Waals surface area contributed by atoms with E-state index in [4.69, 9.17) is 16.7 Å². The summed E-state index contributed by atoms with van der Waals surface area (Å²) < 4.78 is 36.0. The van der Waals surface area contributed by atoms with Crippen LogP contribution in [-0.4, -0.2) is 14.3 Å². The van der Waals surface area contributed by atoms with Crippen molar-refractivity contribution >= 4 is 33.2 Å². The zero-order valence-corrected chi connectivity index (χ0v) is 13.0. The fourth-order valence-corrected chi connectivity index (χ4v) is 2.81. The van der Waals surface area contributed by atoms with Crippen LogP contribution in [0.3, 0.4) is 0 Å². The number of aryl methyl sites for hydroxylation is 1. The zero-order valence-electron chi connectivity index (χ0n) is 11.4. The molecule has 0 bridgehead atoms. The maximum absolute atomic E-state index is 13.1. The molecular formula is C14H12ClFN2O3S. The highest BCUT2D eigenvalue weighted by atomic mass is 35.5. The molecule has 0 aliphatic rings. The minimum Gasteiger partial charge on any atom is -0.322 e. The Morgan fingerprint density at radius 3 is 2.50 bits per heavy atom. The summed E-state index contributed by atoms with van der Waals surface area (Å²) in [5.41, 5.74) is 0.827. The normalized spacial score (nSPS) is 11.3. The molecule has 0 aromatic heterocycles. The van der Waals surface area contributed by atoms with Crippen molar-refractivity contribution in [3.05, 3.63) is 58.4 Å². The molecule has 5 nitrogen and oxygen atoms in total. The minimum atomic E-state index is -3.93. The quantitative estimate of drug-likeness (QED) is 0.898. The summed E-state index contributed by atoms with van der Waals surface area (Å²) in [7, 11) is -3.93. The molecule has 2 aromatic carbocycles. The first-order valence-electron chi connectivity index (χ1n) is 6.08. The average molecular weight is 343 g/mol. The van der Waals surface area contributed by atoms with Gasteiger partial charge in [-0.3, -0.25) is 4.79 Å². The van der Waals surface area contributed by atoms with E-state index in [1.165, 1.54) is 30.3 Å². The van der Waals surface area contributed by atoms with Gasteiger partial charge in [-0.1, -0.05) is 17.7 Å². The summed E-state index contributed by atoms with van der Waals surface area (Å²) in [4.78, 5) is 12.0. The third-order valence-electron chi connectivity index (χ3n) is 2.93. The molecule has 2 aromatic rings. The first-order valence-corrected chi connectivity index (χ1v) is 8.01. The summed E-state index contributed by atoms with van der Waals surface area (Å²) in [6, 6.07) is 7.84. The topological polar surface area (TPSA) is 89.3 Å². The van der Waals surface area contributed by atoms with Gasteiger partial charge in [-0.25, -0.2) is 17.9 Å². The van der Waals surface area contributed by atoms with Crippen molar-refractivity contribution in [2.45, 2.75) is 11.8 Å². The van der Waals surface area contributed by atoms with Crippen LogP contribution in [0.4, 0.5) is 10.1 Å². The number of hydrogen-bond donors (Lipinski definition) is 2. The molecule has 0 heterocycles. The molecule has 0 unspecified atom stereocenters. The number of hydrogen-bond acceptors (Lipinski definition) is 3. The van der Waals surface area contributed by atoms with E-state index in [2.05, 4.69) is 5.32 Å². The third-order valence-corrected chi connectivity index (χ3v) is 4.28. The molecule has 22 heavy (non-hydrogen) atoms. The molecule has 0 aliphatic heterocycles. The third kappa shape index (κ3) is 3.62. The van der Waals surface area contributed by atoms with E-state index in [9.17, 15) is 17.6 Å². The number of carbonyl (C=O) groups is 1. The van der Waals surface area contributed by atoms with Gasteiger partial charge in [0.1, 0.15) is 5.82 Å². The second kappa shape index (κ2) is 6.04. The van der Waals surface area contributed by atoms with Crippen molar-refractivity contribution in [1.29, 1.82) is 0 Å². The number of amides is 1. The van der Waals surface area contributed by atoms with E-state index in [1.54, 1.807) is 6.92 Å². The highest BCUT2D eigenvalue weighted by Crippen LogP contribution is 2.21. The lowest BCUT2D eigenvalue weighted by Gasteiger charge is -2.09. The predicted molar refractivity (Wildman–Crippen MR) is 81.9 cm³/mol. The van der Waals surface area contributed by atoms with Gasteiger partial charge >= 0.3 is 0 Å². The van der Waals surface area contributed by atoms with E-state index in [-0.39, 0.29) is 21.2 Å². The number of carbonyl (C=O) groups excluding carboxylic acids is 1. The zero-order chi connectivity index (χ0) is 16.5. The SMILES string of the molecule is Cc1ccc(C(=O)Nc2ccc(F)c(Cl)c2)cc1S(N)(=O)=O. The van der Waals surface area contributed by atoms with Crippen molar-refractivity contribution in [1.82, 2.24) is 0 Å². The fraction of sp³-hybridized carbons (Fsp3) is 0.0714. The van der Waals surface area contributed by atoms with Gasteiger partial charge in [0.25, 0.3) is 5.91 Å². The number of rotatable bonds is 3. The van der Waals surface area contributed by atoms with E-state index < -0.39 is 21.7 Å². The number of benzene rings is 2. The number of nitrogens with one attached hydrogen (secondary N) is 1. The summed E-state index contributed by atoms with van der Waals surface area (Å²) in [5.74, 6) is -1.17. The smallest absolute Gasteiger partial charge is 0.255 e. The Balaban J connectivity index is 2.32. The molecular weight excluding hydrogens is 331 g/mol. The first kappa shape index (κ1) is 16.4. The molecule has 0 atom stereocenters. The first-order chi connectivity index (χ1) is 10.2. The Hall–Kier alpha value is -1.96. The van der Waals surface area contributed by atoms with Crippen molar-refractivity contribution in [3.8, 4) is 0 Å². The molecule has 0 aliphatic carbocycles. The van der Waals surface area contributed by atoms with Gasteiger partial charge in [0.15, 0.2) is 0 Å². The van der Waals surface area contributed by atoms with Gasteiger partial charge in [0.05, 0.1) is 9.92 Å². The van der Waals surface area contributed by atoms with Gasteiger partial charge in [-0.15, -0.1) is 0 Å². The molecule has 0 spiro atoms. The maximum Gasteiger partial charge on any atom is 0.255 e. The van der Waals surface area contributed by atoms with Gasteiger partial charge in [0, 0.05) is 11.3 Å². The molecule has 1 amide bonds. The standard InChI is InChI=1S/C14H12ClFN2O3S/c1-8-2-3-9(6-13(8)22(17,20)21)14(19)18-10-4-5-12(16)11(15)7-10/h2-7H,1H3,(H,18,19)(H2,17,20,21). The van der Waals surface area contributed by atoms with Gasteiger partial charge < -0.3 is 5.32 Å². The van der Waals surface area contributed by atoms with Crippen LogP contribution in [-0.2, 0) is 10.0 Å². The van der Waals surface area contributed by atoms with Gasteiger partial charge in [0.2, 0.25) is 10.0 Å². The maximum atomic E-state index is 13.1. The lowest BCUT2D eigenvalue weighted by atomic mass is 10.1. The Morgan fingerprint density at radius 2 is 1.91 bits per heavy atom. The molecule has 0 saturated heterocycles. The second-order valence-corrected chi connectivity index (χ2v) is 6.55. The van der Waals surface area contributed by atoms with Crippen molar-refractivity contribution in [2.75, 3.05) is 5.32 Å². The van der Waals surface area contributed by atoms with Crippen LogP contribution in [0.2, 0.25) is 5.02 Å². The molecule has 0 radical (unpaired) electrons. The summed E-state index contributed by atoms with van der Waals surface area (Å²) >= 11 is 5.63. The number of anilines is 1. The van der Waals surface area contributed by atoms with E-state index in [0.29, 0.717) is 5.56 Å². The Kier molecular flexibility index (Phi) is 4.50. The molecule has 0 saturated carbocycles. The summed E-state index contributed by atoms with van der Waals surface area (Å²) in [6.07, 6.45) is 0. The Morgan fingerprint density at radius 1 is 1.23 bits per heavy atom. The van der Waals surface area contributed by atoms with E-state index >= 15 is 0 Å². The lowest BCUT2D eigenvalue weighted by molar-refractivity contribution is 0.102. The molecule has 116 valence electrons. The highest BCUT2D eigenvalue weighted by Gasteiger charge is 2.15. The highest BCUT2D eigenvalue weighted by molar-refractivity contribution is 7.89. The number of sulfonamides is 1. The van der Waals surface area contributed by atoms with E-state index in [1.807, 2.05) is 0 Å². The predicted octanol–water partition coefficient (Wildman–Crippen LogP) is 2.69. The van der Waals surface area contributed by atoms with Crippen LogP contribution in [0.5, 0.6) is 0 Å². The summed E-state index contributed by atoms with van der Waals surface area (Å²) in [5, 5.41) is 7.46. The largest absolute Gasteiger partial charge is 0.322 e. The lowest BCUT2D eigenvalue weighted by Crippen LogP contribution is -2.17. The van der Waals surface area contributed by atoms with Crippen LogP contribution in [0, 0.1) is 12.7 Å². The number of halogens is 2.